The molecule has 104 valence electrons. The maximum Gasteiger partial charge on any atom is 0.139 e. The third-order valence-electron chi connectivity index (χ3n) is 3.35. The molecule has 0 radical (unpaired) electrons. The second-order valence-electron chi connectivity index (χ2n) is 4.76. The Morgan fingerprint density at radius 3 is 2.57 bits per heavy atom. The number of nitrogens with one attached hydrogen (secondary N) is 1. The van der Waals surface area contributed by atoms with Crippen LogP contribution in [0.5, 0.6) is 0 Å². The SMILES string of the molecule is Cc1c(F)cccc1-c1cc(=S)nc(-c2ccccc2)[nH]1. The molecule has 1 aromatic heterocycles. The van der Waals surface area contributed by atoms with Crippen molar-refractivity contribution in [3.05, 3.63) is 70.6 Å². The van der Waals surface area contributed by atoms with Crippen LogP contribution >= 0.6 is 12.2 Å². The predicted octanol–water partition coefficient (Wildman–Crippen LogP) is 4.92. The molecular weight excluding hydrogens is 283 g/mol. The molecule has 1 heterocycles. The molecule has 0 aliphatic carbocycles. The summed E-state index contributed by atoms with van der Waals surface area (Å²) in [4.78, 5) is 7.59. The first-order valence-corrected chi connectivity index (χ1v) is 6.98. The standard InChI is InChI=1S/C17H13FN2S/c1-11-13(8-5-9-14(11)18)15-10-16(21)20-17(19-15)12-6-3-2-4-7-12/h2-10H,1H3,(H,19,20,21). The van der Waals surface area contributed by atoms with Crippen molar-refractivity contribution >= 4 is 12.2 Å². The van der Waals surface area contributed by atoms with Crippen LogP contribution in [-0.2, 0) is 0 Å². The van der Waals surface area contributed by atoms with Crippen molar-refractivity contribution in [2.24, 2.45) is 0 Å². The maximum absolute atomic E-state index is 13.7. The van der Waals surface area contributed by atoms with Gasteiger partial charge in [-0.2, -0.15) is 0 Å². The summed E-state index contributed by atoms with van der Waals surface area (Å²) in [5, 5.41) is 0. The quantitative estimate of drug-likeness (QED) is 0.680. The largest absolute Gasteiger partial charge is 0.339 e. The van der Waals surface area contributed by atoms with Crippen LogP contribution in [0.15, 0.2) is 54.6 Å². The lowest BCUT2D eigenvalue weighted by molar-refractivity contribution is 0.619. The zero-order chi connectivity index (χ0) is 14.8. The first-order chi connectivity index (χ1) is 10.1. The molecule has 3 aromatic rings. The van der Waals surface area contributed by atoms with Gasteiger partial charge < -0.3 is 4.98 Å². The van der Waals surface area contributed by atoms with Gasteiger partial charge in [0.15, 0.2) is 0 Å². The van der Waals surface area contributed by atoms with Gasteiger partial charge in [-0.05, 0) is 24.6 Å². The van der Waals surface area contributed by atoms with E-state index in [1.54, 1.807) is 19.1 Å². The molecule has 0 amide bonds. The van der Waals surface area contributed by atoms with E-state index in [0.29, 0.717) is 16.0 Å². The van der Waals surface area contributed by atoms with E-state index in [-0.39, 0.29) is 5.82 Å². The van der Waals surface area contributed by atoms with Crippen molar-refractivity contribution < 1.29 is 4.39 Å². The number of hydrogen-bond acceptors (Lipinski definition) is 2. The number of benzene rings is 2. The van der Waals surface area contributed by atoms with Crippen molar-refractivity contribution in [1.29, 1.82) is 0 Å². The van der Waals surface area contributed by atoms with Crippen LogP contribution in [0.2, 0.25) is 0 Å². The molecule has 21 heavy (non-hydrogen) atoms. The highest BCUT2D eigenvalue weighted by Gasteiger charge is 2.08. The molecule has 0 atom stereocenters. The molecular formula is C17H13FN2S. The number of halogens is 1. The zero-order valence-electron chi connectivity index (χ0n) is 11.4. The highest BCUT2D eigenvalue weighted by Crippen LogP contribution is 2.25. The smallest absolute Gasteiger partial charge is 0.139 e. The number of nitrogens with zero attached hydrogens (tertiary/aromatic N) is 1. The fourth-order valence-corrected chi connectivity index (χ4v) is 2.44. The molecule has 4 heteroatoms. The van der Waals surface area contributed by atoms with Crippen LogP contribution < -0.4 is 0 Å². The van der Waals surface area contributed by atoms with E-state index in [1.165, 1.54) is 6.07 Å². The van der Waals surface area contributed by atoms with Crippen molar-refractivity contribution in [2.75, 3.05) is 0 Å². The van der Waals surface area contributed by atoms with Gasteiger partial charge in [-0.1, -0.05) is 54.7 Å². The van der Waals surface area contributed by atoms with Gasteiger partial charge >= 0.3 is 0 Å². The lowest BCUT2D eigenvalue weighted by Crippen LogP contribution is -1.95. The predicted molar refractivity (Wildman–Crippen MR) is 85.0 cm³/mol. The minimum atomic E-state index is -0.232. The molecule has 3 rings (SSSR count). The van der Waals surface area contributed by atoms with Crippen molar-refractivity contribution in [3.8, 4) is 22.6 Å². The Hall–Kier alpha value is -2.33. The van der Waals surface area contributed by atoms with E-state index in [4.69, 9.17) is 12.2 Å². The summed E-state index contributed by atoms with van der Waals surface area (Å²) in [7, 11) is 0. The molecule has 0 aliphatic heterocycles. The van der Waals surface area contributed by atoms with Crippen LogP contribution in [0.3, 0.4) is 0 Å². The van der Waals surface area contributed by atoms with E-state index in [9.17, 15) is 4.39 Å². The number of aromatic amines is 1. The summed E-state index contributed by atoms with van der Waals surface area (Å²) in [5.41, 5.74) is 3.10. The molecule has 2 nitrogen and oxygen atoms in total. The molecule has 0 bridgehead atoms. The van der Waals surface area contributed by atoms with Crippen molar-refractivity contribution in [3.63, 3.8) is 0 Å². The number of rotatable bonds is 2. The average molecular weight is 296 g/mol. The molecule has 0 fully saturated rings. The van der Waals surface area contributed by atoms with Gasteiger partial charge in [-0.25, -0.2) is 9.37 Å². The second-order valence-corrected chi connectivity index (χ2v) is 5.18. The molecule has 0 aliphatic rings. The van der Waals surface area contributed by atoms with E-state index >= 15 is 0 Å². The first kappa shape index (κ1) is 13.6. The summed E-state index contributed by atoms with van der Waals surface area (Å²) in [5.74, 6) is 0.451. The summed E-state index contributed by atoms with van der Waals surface area (Å²) < 4.78 is 14.2. The van der Waals surface area contributed by atoms with Gasteiger partial charge in [0.1, 0.15) is 16.3 Å². The fourth-order valence-electron chi connectivity index (χ4n) is 2.23. The minimum absolute atomic E-state index is 0.232. The number of aromatic nitrogens is 2. The number of H-pyrrole nitrogens is 1. The molecule has 0 saturated heterocycles. The van der Waals surface area contributed by atoms with E-state index in [1.807, 2.05) is 36.4 Å². The molecule has 0 unspecified atom stereocenters. The molecule has 1 N–H and O–H groups in total. The second kappa shape index (κ2) is 5.58. The van der Waals surface area contributed by atoms with Gasteiger partial charge in [-0.15, -0.1) is 0 Å². The van der Waals surface area contributed by atoms with Crippen molar-refractivity contribution in [2.45, 2.75) is 6.92 Å². The van der Waals surface area contributed by atoms with E-state index < -0.39 is 0 Å². The minimum Gasteiger partial charge on any atom is -0.339 e. The summed E-state index contributed by atoms with van der Waals surface area (Å²) in [6, 6.07) is 16.5. The Balaban J connectivity index is 2.19. The van der Waals surface area contributed by atoms with Gasteiger partial charge in [0, 0.05) is 11.1 Å². The Morgan fingerprint density at radius 2 is 1.81 bits per heavy atom. The third-order valence-corrected chi connectivity index (χ3v) is 3.56. The highest BCUT2D eigenvalue weighted by atomic mass is 32.1. The summed E-state index contributed by atoms with van der Waals surface area (Å²) >= 11 is 5.24. The van der Waals surface area contributed by atoms with Crippen LogP contribution in [0.25, 0.3) is 22.6 Å². The van der Waals surface area contributed by atoms with Crippen LogP contribution in [0, 0.1) is 17.4 Å². The maximum atomic E-state index is 13.7. The lowest BCUT2D eigenvalue weighted by Gasteiger charge is -2.09. The molecule has 2 aromatic carbocycles. The lowest BCUT2D eigenvalue weighted by atomic mass is 10.0. The highest BCUT2D eigenvalue weighted by molar-refractivity contribution is 7.71. The summed E-state index contributed by atoms with van der Waals surface area (Å²) in [6.07, 6.45) is 0. The Labute approximate surface area is 127 Å². The normalized spacial score (nSPS) is 10.6. The topological polar surface area (TPSA) is 28.7 Å². The van der Waals surface area contributed by atoms with Crippen LogP contribution in [0.4, 0.5) is 4.39 Å². The Bertz CT molecular complexity index is 841. The first-order valence-electron chi connectivity index (χ1n) is 6.57. The van der Waals surface area contributed by atoms with Gasteiger partial charge in [-0.3, -0.25) is 0 Å². The van der Waals surface area contributed by atoms with Crippen molar-refractivity contribution in [1.82, 2.24) is 9.97 Å². The molecule has 0 spiro atoms. The van der Waals surface area contributed by atoms with E-state index in [2.05, 4.69) is 9.97 Å². The average Bonchev–Trinajstić information content (AvgIpc) is 2.50. The number of hydrogen-bond donors (Lipinski definition) is 1. The zero-order valence-corrected chi connectivity index (χ0v) is 12.2. The van der Waals surface area contributed by atoms with Gasteiger partial charge in [0.25, 0.3) is 0 Å². The summed E-state index contributed by atoms with van der Waals surface area (Å²) in [6.45, 7) is 1.75. The van der Waals surface area contributed by atoms with Gasteiger partial charge in [0.2, 0.25) is 0 Å². The van der Waals surface area contributed by atoms with Crippen LogP contribution in [-0.4, -0.2) is 9.97 Å². The third kappa shape index (κ3) is 2.76. The Kier molecular flexibility index (Phi) is 3.62. The Morgan fingerprint density at radius 1 is 1.05 bits per heavy atom. The van der Waals surface area contributed by atoms with E-state index in [0.717, 1.165) is 16.8 Å². The monoisotopic (exact) mass is 296 g/mol. The fraction of sp³-hybridized carbons (Fsp3) is 0.0588. The molecule has 0 saturated carbocycles. The van der Waals surface area contributed by atoms with Gasteiger partial charge in [0.05, 0.1) is 5.69 Å². The van der Waals surface area contributed by atoms with Crippen LogP contribution in [0.1, 0.15) is 5.56 Å².